The molecular formula is C25H25FN4O3S. The third kappa shape index (κ3) is 4.94. The van der Waals surface area contributed by atoms with Crippen LogP contribution in [0.3, 0.4) is 0 Å². The molecule has 0 unspecified atom stereocenters. The SMILES string of the molecule is COC(=O)CN(CCc1c[nH]c2ccccc12)C(=O)c1nc(N(C)C)sc1-c1cccc(F)c1. The summed E-state index contributed by atoms with van der Waals surface area (Å²) in [6.45, 7) is 0.0717. The Morgan fingerprint density at radius 2 is 1.94 bits per heavy atom. The highest BCUT2D eigenvalue weighted by atomic mass is 32.1. The van der Waals surface area contributed by atoms with Crippen LogP contribution in [0.2, 0.25) is 0 Å². The van der Waals surface area contributed by atoms with Crippen molar-refractivity contribution in [2.75, 3.05) is 39.2 Å². The van der Waals surface area contributed by atoms with Gasteiger partial charge in [-0.15, -0.1) is 0 Å². The Morgan fingerprint density at radius 1 is 1.15 bits per heavy atom. The molecule has 7 nitrogen and oxygen atoms in total. The van der Waals surface area contributed by atoms with Crippen molar-refractivity contribution >= 4 is 39.2 Å². The molecule has 1 N–H and O–H groups in total. The second kappa shape index (κ2) is 10.0. The molecule has 34 heavy (non-hydrogen) atoms. The Balaban J connectivity index is 1.67. The number of H-pyrrole nitrogens is 1. The van der Waals surface area contributed by atoms with E-state index in [4.69, 9.17) is 4.74 Å². The fraction of sp³-hybridized carbons (Fsp3) is 0.240. The highest BCUT2D eigenvalue weighted by Gasteiger charge is 2.27. The molecule has 0 spiro atoms. The van der Waals surface area contributed by atoms with Gasteiger partial charge < -0.3 is 19.5 Å². The van der Waals surface area contributed by atoms with Gasteiger partial charge in [-0.25, -0.2) is 9.37 Å². The Bertz CT molecular complexity index is 1330. The maximum Gasteiger partial charge on any atom is 0.325 e. The molecule has 0 radical (unpaired) electrons. The van der Waals surface area contributed by atoms with E-state index < -0.39 is 17.7 Å². The molecule has 0 atom stereocenters. The van der Waals surface area contributed by atoms with Gasteiger partial charge in [-0.2, -0.15) is 0 Å². The van der Waals surface area contributed by atoms with Crippen LogP contribution in [0.5, 0.6) is 0 Å². The van der Waals surface area contributed by atoms with E-state index in [1.165, 1.54) is 35.5 Å². The second-order valence-electron chi connectivity index (χ2n) is 7.99. The van der Waals surface area contributed by atoms with Crippen molar-refractivity contribution in [2.24, 2.45) is 0 Å². The topological polar surface area (TPSA) is 78.5 Å². The number of benzene rings is 2. The predicted octanol–water partition coefficient (Wildman–Crippen LogP) is 4.35. The second-order valence-corrected chi connectivity index (χ2v) is 8.97. The normalized spacial score (nSPS) is 10.9. The number of aromatic amines is 1. The van der Waals surface area contributed by atoms with Gasteiger partial charge in [-0.05, 0) is 35.7 Å². The van der Waals surface area contributed by atoms with Crippen molar-refractivity contribution in [3.05, 3.63) is 71.8 Å². The molecule has 2 aromatic carbocycles. The van der Waals surface area contributed by atoms with Crippen molar-refractivity contribution in [2.45, 2.75) is 6.42 Å². The van der Waals surface area contributed by atoms with Crippen LogP contribution >= 0.6 is 11.3 Å². The number of carbonyl (C=O) groups is 2. The molecule has 0 saturated heterocycles. The fourth-order valence-corrected chi connectivity index (χ4v) is 4.66. The molecule has 0 fully saturated rings. The number of anilines is 1. The van der Waals surface area contributed by atoms with E-state index in [0.717, 1.165) is 16.5 Å². The van der Waals surface area contributed by atoms with E-state index in [1.807, 2.05) is 44.6 Å². The highest BCUT2D eigenvalue weighted by molar-refractivity contribution is 7.19. The number of hydrogen-bond donors (Lipinski definition) is 1. The number of fused-ring (bicyclic) bond motifs is 1. The molecule has 4 rings (SSSR count). The van der Waals surface area contributed by atoms with Crippen LogP contribution in [0, 0.1) is 5.82 Å². The van der Waals surface area contributed by atoms with E-state index in [9.17, 15) is 14.0 Å². The molecule has 1 amide bonds. The first-order valence-corrected chi connectivity index (χ1v) is 11.5. The zero-order chi connectivity index (χ0) is 24.2. The first-order chi connectivity index (χ1) is 16.4. The van der Waals surface area contributed by atoms with Gasteiger partial charge in [-0.3, -0.25) is 9.59 Å². The fourth-order valence-electron chi connectivity index (χ4n) is 3.69. The summed E-state index contributed by atoms with van der Waals surface area (Å²) in [5, 5.41) is 1.68. The van der Waals surface area contributed by atoms with E-state index >= 15 is 0 Å². The third-order valence-corrected chi connectivity index (χ3v) is 6.72. The maximum absolute atomic E-state index is 13.9. The van der Waals surface area contributed by atoms with Crippen LogP contribution in [0.1, 0.15) is 16.1 Å². The molecule has 0 aliphatic heterocycles. The third-order valence-electron chi connectivity index (χ3n) is 5.45. The summed E-state index contributed by atoms with van der Waals surface area (Å²) in [5.74, 6) is -1.34. The number of para-hydroxylation sites is 1. The number of amides is 1. The lowest BCUT2D eigenvalue weighted by molar-refractivity contribution is -0.141. The van der Waals surface area contributed by atoms with Gasteiger partial charge in [0.2, 0.25) is 0 Å². The number of aromatic nitrogens is 2. The Morgan fingerprint density at radius 3 is 2.68 bits per heavy atom. The number of thiazole rings is 1. The average molecular weight is 481 g/mol. The van der Waals surface area contributed by atoms with E-state index in [1.54, 1.807) is 17.0 Å². The largest absolute Gasteiger partial charge is 0.468 e. The number of nitrogens with zero attached hydrogens (tertiary/aromatic N) is 3. The first kappa shape index (κ1) is 23.4. The summed E-state index contributed by atoms with van der Waals surface area (Å²) >= 11 is 1.30. The smallest absolute Gasteiger partial charge is 0.325 e. The monoisotopic (exact) mass is 480 g/mol. The summed E-state index contributed by atoms with van der Waals surface area (Å²) in [5.41, 5.74) is 2.79. The quantitative estimate of drug-likeness (QED) is 0.379. The lowest BCUT2D eigenvalue weighted by Gasteiger charge is -2.21. The number of halogens is 1. The molecule has 9 heteroatoms. The zero-order valence-electron chi connectivity index (χ0n) is 19.2. The molecule has 0 bridgehead atoms. The van der Waals surface area contributed by atoms with Crippen molar-refractivity contribution in [1.29, 1.82) is 0 Å². The van der Waals surface area contributed by atoms with E-state index in [2.05, 4.69) is 9.97 Å². The van der Waals surface area contributed by atoms with Crippen LogP contribution in [-0.4, -0.2) is 61.0 Å². The summed E-state index contributed by atoms with van der Waals surface area (Å²) < 4.78 is 18.8. The lowest BCUT2D eigenvalue weighted by atomic mass is 10.1. The summed E-state index contributed by atoms with van der Waals surface area (Å²) in [7, 11) is 4.94. The number of esters is 1. The van der Waals surface area contributed by atoms with Crippen LogP contribution in [0.4, 0.5) is 9.52 Å². The molecule has 4 aromatic rings. The lowest BCUT2D eigenvalue weighted by Crippen LogP contribution is -2.38. The summed E-state index contributed by atoms with van der Waals surface area (Å²) in [6, 6.07) is 14.0. The number of hydrogen-bond acceptors (Lipinski definition) is 6. The molecule has 0 aliphatic carbocycles. The molecule has 2 heterocycles. The molecule has 0 aliphatic rings. The highest BCUT2D eigenvalue weighted by Crippen LogP contribution is 2.35. The number of methoxy groups -OCH3 is 1. The van der Waals surface area contributed by atoms with Gasteiger partial charge >= 0.3 is 5.97 Å². The first-order valence-electron chi connectivity index (χ1n) is 10.7. The summed E-state index contributed by atoms with van der Waals surface area (Å²) in [4.78, 5) is 37.4. The average Bonchev–Trinajstić information content (AvgIpc) is 3.46. The van der Waals surface area contributed by atoms with Gasteiger partial charge in [0.1, 0.15) is 18.1 Å². The molecular weight excluding hydrogens is 455 g/mol. The molecule has 2 aromatic heterocycles. The van der Waals surface area contributed by atoms with Gasteiger partial charge in [0.25, 0.3) is 5.91 Å². The molecule has 176 valence electrons. The van der Waals surface area contributed by atoms with Gasteiger partial charge in [-0.1, -0.05) is 41.7 Å². The van der Waals surface area contributed by atoms with Gasteiger partial charge in [0.15, 0.2) is 5.13 Å². The molecule has 0 saturated carbocycles. The number of carbonyl (C=O) groups excluding carboxylic acids is 2. The Hall–Kier alpha value is -3.72. The Kier molecular flexibility index (Phi) is 6.93. The maximum atomic E-state index is 13.9. The minimum Gasteiger partial charge on any atom is -0.468 e. The number of rotatable bonds is 8. The number of nitrogens with one attached hydrogen (secondary N) is 1. The number of ether oxygens (including phenoxy) is 1. The van der Waals surface area contributed by atoms with Crippen molar-refractivity contribution in [3.8, 4) is 10.4 Å². The predicted molar refractivity (Wildman–Crippen MR) is 132 cm³/mol. The minimum atomic E-state index is -0.525. The van der Waals surface area contributed by atoms with Crippen LogP contribution in [-0.2, 0) is 16.0 Å². The van der Waals surface area contributed by atoms with Crippen LogP contribution in [0.25, 0.3) is 21.3 Å². The summed E-state index contributed by atoms with van der Waals surface area (Å²) in [6.07, 6.45) is 2.45. The van der Waals surface area contributed by atoms with Gasteiger partial charge in [0.05, 0.1) is 12.0 Å². The van der Waals surface area contributed by atoms with Crippen molar-refractivity contribution in [3.63, 3.8) is 0 Å². The minimum absolute atomic E-state index is 0.183. The van der Waals surface area contributed by atoms with Crippen LogP contribution in [0.15, 0.2) is 54.7 Å². The zero-order valence-corrected chi connectivity index (χ0v) is 20.0. The van der Waals surface area contributed by atoms with Crippen molar-refractivity contribution in [1.82, 2.24) is 14.9 Å². The van der Waals surface area contributed by atoms with Gasteiger partial charge in [0, 0.05) is 37.7 Å². The Labute approximate surface area is 200 Å². The van der Waals surface area contributed by atoms with Crippen LogP contribution < -0.4 is 4.90 Å². The van der Waals surface area contributed by atoms with E-state index in [-0.39, 0.29) is 18.8 Å². The van der Waals surface area contributed by atoms with Crippen molar-refractivity contribution < 1.29 is 18.7 Å². The van der Waals surface area contributed by atoms with E-state index in [0.29, 0.717) is 22.0 Å². The standard InChI is InChI=1S/C25H25FN4O3S/c1-29(2)25-28-22(23(34-25)16-7-6-8-18(26)13-16)24(32)30(15-21(31)33-3)12-11-17-14-27-20-10-5-4-9-19(17)20/h4-10,13-14,27H,11-12,15H2,1-3H3.